The number of Topliss-reactive ketones (excluding diaryl/α,β-unsaturated/α-hetero) is 1. The summed E-state index contributed by atoms with van der Waals surface area (Å²) in [6.45, 7) is 5.91. The van der Waals surface area contributed by atoms with Crippen molar-refractivity contribution in [3.8, 4) is 5.75 Å². The topological polar surface area (TPSA) is 39.2 Å². The zero-order chi connectivity index (χ0) is 14.5. The molecule has 0 radical (unpaired) electrons. The number of ether oxygens (including phenoxy) is 1. The van der Waals surface area contributed by atoms with Crippen LogP contribution in [-0.2, 0) is 6.42 Å². The van der Waals surface area contributed by atoms with E-state index in [2.05, 4.69) is 4.98 Å². The van der Waals surface area contributed by atoms with E-state index in [0.717, 1.165) is 11.1 Å². The van der Waals surface area contributed by atoms with Crippen molar-refractivity contribution in [1.82, 2.24) is 4.98 Å². The van der Waals surface area contributed by atoms with E-state index in [1.54, 1.807) is 18.5 Å². The lowest BCUT2D eigenvalue weighted by atomic mass is 10.0. The number of aromatic nitrogens is 1. The van der Waals surface area contributed by atoms with Crippen LogP contribution in [0.2, 0.25) is 0 Å². The minimum atomic E-state index is 0.0531. The molecule has 0 atom stereocenters. The van der Waals surface area contributed by atoms with Gasteiger partial charge in [-0.3, -0.25) is 9.78 Å². The minimum absolute atomic E-state index is 0.0531. The molecular weight excluding hydrogens is 250 g/mol. The van der Waals surface area contributed by atoms with Crippen molar-refractivity contribution < 1.29 is 9.53 Å². The van der Waals surface area contributed by atoms with Gasteiger partial charge in [0, 0.05) is 18.2 Å². The van der Waals surface area contributed by atoms with Crippen molar-refractivity contribution in [2.45, 2.75) is 33.3 Å². The first-order valence-corrected chi connectivity index (χ1v) is 6.75. The number of rotatable bonds is 5. The Hall–Kier alpha value is -2.16. The molecule has 2 aromatic rings. The highest BCUT2D eigenvalue weighted by Gasteiger charge is 2.09. The lowest BCUT2D eigenvalue weighted by molar-refractivity contribution is 0.0992. The van der Waals surface area contributed by atoms with E-state index in [4.69, 9.17) is 4.74 Å². The molecule has 0 N–H and O–H groups in total. The predicted octanol–water partition coefficient (Wildman–Crippen LogP) is 3.60. The second-order valence-corrected chi connectivity index (χ2v) is 5.16. The SMILES string of the molecule is Cc1cccc(CC(=O)c2cncc(OC(C)C)c2)c1. The molecule has 0 aliphatic heterocycles. The summed E-state index contributed by atoms with van der Waals surface area (Å²) in [6.07, 6.45) is 3.67. The molecule has 0 saturated heterocycles. The van der Waals surface area contributed by atoms with E-state index < -0.39 is 0 Å². The lowest BCUT2D eigenvalue weighted by Crippen LogP contribution is -2.08. The van der Waals surface area contributed by atoms with E-state index in [-0.39, 0.29) is 11.9 Å². The van der Waals surface area contributed by atoms with Gasteiger partial charge in [-0.25, -0.2) is 0 Å². The molecule has 1 aromatic heterocycles. The van der Waals surface area contributed by atoms with Crippen molar-refractivity contribution in [2.24, 2.45) is 0 Å². The standard InChI is InChI=1S/C17H19NO2/c1-12(2)20-16-9-15(10-18-11-16)17(19)8-14-6-4-5-13(3)7-14/h4-7,9-12H,8H2,1-3H3. The van der Waals surface area contributed by atoms with Crippen LogP contribution in [0.3, 0.4) is 0 Å². The van der Waals surface area contributed by atoms with Crippen LogP contribution in [0.15, 0.2) is 42.7 Å². The zero-order valence-corrected chi connectivity index (χ0v) is 12.1. The molecule has 104 valence electrons. The molecule has 0 spiro atoms. The third-order valence-corrected chi connectivity index (χ3v) is 2.85. The fourth-order valence-corrected chi connectivity index (χ4v) is 2.02. The van der Waals surface area contributed by atoms with Crippen molar-refractivity contribution in [2.75, 3.05) is 0 Å². The number of carbonyl (C=O) groups is 1. The van der Waals surface area contributed by atoms with Gasteiger partial charge in [-0.2, -0.15) is 0 Å². The van der Waals surface area contributed by atoms with Gasteiger partial charge in [-0.15, -0.1) is 0 Å². The molecule has 3 heteroatoms. The molecule has 0 bridgehead atoms. The number of hydrogen-bond acceptors (Lipinski definition) is 3. The van der Waals surface area contributed by atoms with Gasteiger partial charge in [0.25, 0.3) is 0 Å². The van der Waals surface area contributed by atoms with E-state index in [9.17, 15) is 4.79 Å². The van der Waals surface area contributed by atoms with Crippen LogP contribution < -0.4 is 4.74 Å². The maximum absolute atomic E-state index is 12.3. The molecule has 0 aliphatic carbocycles. The third-order valence-electron chi connectivity index (χ3n) is 2.85. The van der Waals surface area contributed by atoms with Crippen LogP contribution in [0.1, 0.15) is 35.3 Å². The Morgan fingerprint density at radius 2 is 2.05 bits per heavy atom. The summed E-state index contributed by atoms with van der Waals surface area (Å²) in [5.74, 6) is 0.687. The van der Waals surface area contributed by atoms with E-state index in [1.165, 1.54) is 0 Å². The summed E-state index contributed by atoms with van der Waals surface area (Å²) in [4.78, 5) is 16.3. The first kappa shape index (κ1) is 14.3. The summed E-state index contributed by atoms with van der Waals surface area (Å²) in [5, 5.41) is 0. The number of pyridine rings is 1. The molecule has 20 heavy (non-hydrogen) atoms. The van der Waals surface area contributed by atoms with Crippen molar-refractivity contribution in [3.63, 3.8) is 0 Å². The molecule has 0 unspecified atom stereocenters. The van der Waals surface area contributed by atoms with E-state index >= 15 is 0 Å². The third kappa shape index (κ3) is 3.92. The normalized spacial score (nSPS) is 10.6. The van der Waals surface area contributed by atoms with Gasteiger partial charge >= 0.3 is 0 Å². The van der Waals surface area contributed by atoms with Crippen LogP contribution in [0, 0.1) is 6.92 Å². The van der Waals surface area contributed by atoms with Crippen LogP contribution in [-0.4, -0.2) is 16.9 Å². The molecule has 3 nitrogen and oxygen atoms in total. The number of carbonyl (C=O) groups excluding carboxylic acids is 1. The zero-order valence-electron chi connectivity index (χ0n) is 12.1. The highest BCUT2D eigenvalue weighted by molar-refractivity contribution is 5.97. The summed E-state index contributed by atoms with van der Waals surface area (Å²) in [6, 6.07) is 9.73. The number of hydrogen-bond donors (Lipinski definition) is 0. The largest absolute Gasteiger partial charge is 0.489 e. The Morgan fingerprint density at radius 1 is 1.25 bits per heavy atom. The maximum Gasteiger partial charge on any atom is 0.168 e. The Morgan fingerprint density at radius 3 is 2.75 bits per heavy atom. The Bertz CT molecular complexity index is 605. The maximum atomic E-state index is 12.3. The summed E-state index contributed by atoms with van der Waals surface area (Å²) in [5.41, 5.74) is 2.76. The second-order valence-electron chi connectivity index (χ2n) is 5.16. The summed E-state index contributed by atoms with van der Waals surface area (Å²) >= 11 is 0. The number of benzene rings is 1. The van der Waals surface area contributed by atoms with Gasteiger partial charge in [0.05, 0.1) is 12.3 Å². The van der Waals surface area contributed by atoms with Gasteiger partial charge in [0.15, 0.2) is 5.78 Å². The van der Waals surface area contributed by atoms with E-state index in [1.807, 2.05) is 45.0 Å². The van der Waals surface area contributed by atoms with Gasteiger partial charge in [-0.1, -0.05) is 29.8 Å². The lowest BCUT2D eigenvalue weighted by Gasteiger charge is -2.10. The number of ketones is 1. The molecule has 1 heterocycles. The fraction of sp³-hybridized carbons (Fsp3) is 0.294. The molecule has 0 saturated carbocycles. The van der Waals surface area contributed by atoms with Crippen molar-refractivity contribution in [1.29, 1.82) is 0 Å². The summed E-state index contributed by atoms with van der Waals surface area (Å²) < 4.78 is 5.56. The van der Waals surface area contributed by atoms with Crippen molar-refractivity contribution in [3.05, 3.63) is 59.4 Å². The Labute approximate surface area is 119 Å². The van der Waals surface area contributed by atoms with Crippen molar-refractivity contribution >= 4 is 5.78 Å². The highest BCUT2D eigenvalue weighted by Crippen LogP contribution is 2.15. The van der Waals surface area contributed by atoms with Crippen LogP contribution in [0.5, 0.6) is 5.75 Å². The van der Waals surface area contributed by atoms with Crippen LogP contribution in [0.4, 0.5) is 0 Å². The Balaban J connectivity index is 2.13. The average Bonchev–Trinajstić information content (AvgIpc) is 2.38. The fourth-order valence-electron chi connectivity index (χ4n) is 2.02. The van der Waals surface area contributed by atoms with Gasteiger partial charge in [0.2, 0.25) is 0 Å². The highest BCUT2D eigenvalue weighted by atomic mass is 16.5. The number of aryl methyl sites for hydroxylation is 1. The first-order valence-electron chi connectivity index (χ1n) is 6.75. The average molecular weight is 269 g/mol. The monoisotopic (exact) mass is 269 g/mol. The second kappa shape index (κ2) is 6.33. The van der Waals surface area contributed by atoms with Crippen LogP contribution >= 0.6 is 0 Å². The molecule has 2 rings (SSSR count). The van der Waals surface area contributed by atoms with E-state index in [0.29, 0.717) is 17.7 Å². The minimum Gasteiger partial charge on any atom is -0.489 e. The molecule has 0 aliphatic rings. The molecule has 0 fully saturated rings. The number of nitrogens with zero attached hydrogens (tertiary/aromatic N) is 1. The molecule has 1 aromatic carbocycles. The smallest absolute Gasteiger partial charge is 0.168 e. The van der Waals surface area contributed by atoms with Gasteiger partial charge in [0.1, 0.15) is 5.75 Å². The van der Waals surface area contributed by atoms with Gasteiger partial charge in [-0.05, 0) is 32.4 Å². The summed E-state index contributed by atoms with van der Waals surface area (Å²) in [7, 11) is 0. The molecule has 0 amide bonds. The van der Waals surface area contributed by atoms with Crippen LogP contribution in [0.25, 0.3) is 0 Å². The quantitative estimate of drug-likeness (QED) is 0.778. The van der Waals surface area contributed by atoms with Gasteiger partial charge < -0.3 is 4.74 Å². The molecular formula is C17H19NO2. The Kier molecular flexibility index (Phi) is 4.51. The predicted molar refractivity (Wildman–Crippen MR) is 79.2 cm³/mol. The first-order chi connectivity index (χ1) is 9.54.